The number of nitrogens with zero attached hydrogens (tertiary/aromatic N) is 3. The highest BCUT2D eigenvalue weighted by Crippen LogP contribution is 2.36. The second-order valence-electron chi connectivity index (χ2n) is 7.71. The molecule has 1 aliphatic rings. The van der Waals surface area contributed by atoms with Crippen molar-refractivity contribution in [3.63, 3.8) is 0 Å². The molecule has 0 amide bonds. The fraction of sp³-hybridized carbons (Fsp3) is 0.0714. The minimum absolute atomic E-state index is 0.144. The first-order valence-electron chi connectivity index (χ1n) is 10.6. The third-order valence-corrected chi connectivity index (χ3v) is 5.55. The molecule has 0 aromatic heterocycles. The van der Waals surface area contributed by atoms with Crippen LogP contribution in [0, 0.1) is 5.82 Å². The first-order chi connectivity index (χ1) is 15.8. The van der Waals surface area contributed by atoms with Gasteiger partial charge in [0.1, 0.15) is 5.82 Å². The molecule has 1 heterocycles. The summed E-state index contributed by atoms with van der Waals surface area (Å²) in [6, 6.07) is 35.3. The Bertz CT molecular complexity index is 1230. The molecule has 3 nitrogen and oxygen atoms in total. The molecular weight excluding hydrogens is 397 g/mol. The van der Waals surface area contributed by atoms with Gasteiger partial charge in [-0.15, -0.1) is 0 Å². The van der Waals surface area contributed by atoms with E-state index in [0.717, 1.165) is 34.6 Å². The number of halogens is 1. The molecule has 0 fully saturated rings. The minimum Gasteiger partial charge on any atom is -0.257 e. The highest BCUT2D eigenvalue weighted by Gasteiger charge is 2.29. The van der Waals surface area contributed by atoms with Crippen LogP contribution in [-0.2, 0) is 0 Å². The molecule has 0 saturated carbocycles. The van der Waals surface area contributed by atoms with Crippen LogP contribution in [0.25, 0.3) is 0 Å². The molecule has 4 aromatic rings. The first-order valence-corrected chi connectivity index (χ1v) is 10.6. The van der Waals surface area contributed by atoms with E-state index in [4.69, 9.17) is 5.10 Å². The summed E-state index contributed by atoms with van der Waals surface area (Å²) >= 11 is 0. The van der Waals surface area contributed by atoms with Crippen LogP contribution >= 0.6 is 0 Å². The SMILES string of the molecule is Fc1ccc(N=Cc2ccc(N3N=C(c4ccccc4)C[C@H]3c3ccccc3)cc2)cc1. The Morgan fingerprint density at radius 1 is 0.781 bits per heavy atom. The number of hydrogen-bond donors (Lipinski definition) is 0. The molecule has 0 N–H and O–H groups in total. The van der Waals surface area contributed by atoms with Crippen molar-refractivity contribution in [1.29, 1.82) is 0 Å². The third kappa shape index (κ3) is 4.35. The zero-order valence-corrected chi connectivity index (χ0v) is 17.5. The Labute approximate surface area is 187 Å². The van der Waals surface area contributed by atoms with Crippen molar-refractivity contribution in [2.75, 3.05) is 5.01 Å². The van der Waals surface area contributed by atoms with Gasteiger partial charge in [-0.05, 0) is 53.1 Å². The molecular formula is C28H22FN3. The third-order valence-electron chi connectivity index (χ3n) is 5.55. The van der Waals surface area contributed by atoms with Crippen LogP contribution in [0.5, 0.6) is 0 Å². The summed E-state index contributed by atoms with van der Waals surface area (Å²) in [4.78, 5) is 4.43. The van der Waals surface area contributed by atoms with Crippen molar-refractivity contribution < 1.29 is 4.39 Å². The summed E-state index contributed by atoms with van der Waals surface area (Å²) in [5.41, 5.74) is 6.20. The van der Waals surface area contributed by atoms with E-state index in [1.165, 1.54) is 17.7 Å². The Balaban J connectivity index is 1.42. The quantitative estimate of drug-likeness (QED) is 0.322. The molecule has 0 bridgehead atoms. The highest BCUT2D eigenvalue weighted by molar-refractivity contribution is 6.03. The van der Waals surface area contributed by atoms with E-state index in [2.05, 4.69) is 58.5 Å². The van der Waals surface area contributed by atoms with Crippen LogP contribution in [0.1, 0.15) is 29.2 Å². The van der Waals surface area contributed by atoms with Gasteiger partial charge >= 0.3 is 0 Å². The monoisotopic (exact) mass is 419 g/mol. The topological polar surface area (TPSA) is 28.0 Å². The van der Waals surface area contributed by atoms with Gasteiger partial charge in [0.25, 0.3) is 0 Å². The van der Waals surface area contributed by atoms with Crippen molar-refractivity contribution in [2.24, 2.45) is 10.1 Å². The van der Waals surface area contributed by atoms with Gasteiger partial charge in [0, 0.05) is 12.6 Å². The summed E-state index contributed by atoms with van der Waals surface area (Å²) in [7, 11) is 0. The van der Waals surface area contributed by atoms with Gasteiger partial charge in [-0.2, -0.15) is 5.10 Å². The normalized spacial score (nSPS) is 15.8. The molecule has 0 spiro atoms. The maximum absolute atomic E-state index is 13.1. The predicted octanol–water partition coefficient (Wildman–Crippen LogP) is 6.93. The molecule has 4 aromatic carbocycles. The van der Waals surface area contributed by atoms with Crippen molar-refractivity contribution in [1.82, 2.24) is 0 Å². The van der Waals surface area contributed by atoms with Crippen molar-refractivity contribution >= 4 is 23.3 Å². The zero-order chi connectivity index (χ0) is 21.8. The second-order valence-corrected chi connectivity index (χ2v) is 7.71. The maximum atomic E-state index is 13.1. The number of benzene rings is 4. The van der Waals surface area contributed by atoms with Crippen LogP contribution in [0.3, 0.4) is 0 Å². The Morgan fingerprint density at radius 2 is 1.44 bits per heavy atom. The maximum Gasteiger partial charge on any atom is 0.123 e. The number of anilines is 1. The summed E-state index contributed by atoms with van der Waals surface area (Å²) in [5.74, 6) is -0.262. The molecule has 0 aliphatic carbocycles. The number of hydrogen-bond acceptors (Lipinski definition) is 3. The van der Waals surface area contributed by atoms with E-state index in [-0.39, 0.29) is 11.9 Å². The minimum atomic E-state index is -0.262. The van der Waals surface area contributed by atoms with Crippen LogP contribution in [-0.4, -0.2) is 11.9 Å². The van der Waals surface area contributed by atoms with E-state index in [1.54, 1.807) is 18.3 Å². The largest absolute Gasteiger partial charge is 0.257 e. The van der Waals surface area contributed by atoms with E-state index >= 15 is 0 Å². The lowest BCUT2D eigenvalue weighted by Crippen LogP contribution is -2.18. The average Bonchev–Trinajstić information content (AvgIpc) is 3.31. The molecule has 1 atom stereocenters. The molecule has 4 heteroatoms. The fourth-order valence-corrected chi connectivity index (χ4v) is 3.88. The predicted molar refractivity (Wildman–Crippen MR) is 129 cm³/mol. The smallest absolute Gasteiger partial charge is 0.123 e. The number of rotatable bonds is 5. The van der Waals surface area contributed by atoms with Crippen molar-refractivity contribution in [2.45, 2.75) is 12.5 Å². The Morgan fingerprint density at radius 3 is 2.12 bits per heavy atom. The standard InChI is InChI=1S/C28H22FN3/c29-24-13-15-25(16-14-24)30-20-21-11-17-26(18-12-21)32-28(23-9-5-2-6-10-23)19-27(31-32)22-7-3-1-4-8-22/h1-18,20,28H,19H2/t28-/m0/s1. The van der Waals surface area contributed by atoms with Crippen molar-refractivity contribution in [3.05, 3.63) is 132 Å². The number of aliphatic imine (C=N–C) groups is 1. The lowest BCUT2D eigenvalue weighted by molar-refractivity contribution is 0.628. The zero-order valence-electron chi connectivity index (χ0n) is 17.5. The Hall–Kier alpha value is -4.05. The van der Waals surface area contributed by atoms with Gasteiger partial charge in [-0.25, -0.2) is 4.39 Å². The summed E-state index contributed by atoms with van der Waals surface area (Å²) in [6.07, 6.45) is 2.64. The van der Waals surface area contributed by atoms with E-state index in [1.807, 2.05) is 36.4 Å². The average molecular weight is 420 g/mol. The molecule has 156 valence electrons. The van der Waals surface area contributed by atoms with E-state index < -0.39 is 0 Å². The second kappa shape index (κ2) is 8.98. The summed E-state index contributed by atoms with van der Waals surface area (Å²) in [6.45, 7) is 0. The first kappa shape index (κ1) is 19.9. The van der Waals surface area contributed by atoms with Gasteiger partial charge in [0.2, 0.25) is 0 Å². The summed E-state index contributed by atoms with van der Waals surface area (Å²) in [5, 5.41) is 7.11. The molecule has 5 rings (SSSR count). The van der Waals surface area contributed by atoms with Crippen LogP contribution < -0.4 is 5.01 Å². The molecule has 0 unspecified atom stereocenters. The lowest BCUT2D eigenvalue weighted by Gasteiger charge is -2.24. The summed E-state index contributed by atoms with van der Waals surface area (Å²) < 4.78 is 13.1. The fourth-order valence-electron chi connectivity index (χ4n) is 3.88. The Kier molecular flexibility index (Phi) is 5.58. The van der Waals surface area contributed by atoms with Gasteiger partial charge in [0.05, 0.1) is 23.1 Å². The van der Waals surface area contributed by atoms with Crippen LogP contribution in [0.2, 0.25) is 0 Å². The van der Waals surface area contributed by atoms with Gasteiger partial charge in [0.15, 0.2) is 0 Å². The molecule has 0 saturated heterocycles. The molecule has 1 aliphatic heterocycles. The van der Waals surface area contributed by atoms with Crippen LogP contribution in [0.4, 0.5) is 15.8 Å². The van der Waals surface area contributed by atoms with E-state index in [0.29, 0.717) is 0 Å². The van der Waals surface area contributed by atoms with Gasteiger partial charge in [-0.1, -0.05) is 72.8 Å². The lowest BCUT2D eigenvalue weighted by atomic mass is 9.98. The van der Waals surface area contributed by atoms with Gasteiger partial charge < -0.3 is 0 Å². The molecule has 0 radical (unpaired) electrons. The van der Waals surface area contributed by atoms with Crippen molar-refractivity contribution in [3.8, 4) is 0 Å². The van der Waals surface area contributed by atoms with Crippen LogP contribution in [0.15, 0.2) is 119 Å². The number of hydrazone groups is 1. The molecule has 32 heavy (non-hydrogen) atoms. The van der Waals surface area contributed by atoms with Gasteiger partial charge in [-0.3, -0.25) is 10.0 Å². The highest BCUT2D eigenvalue weighted by atomic mass is 19.1. The van der Waals surface area contributed by atoms with E-state index in [9.17, 15) is 4.39 Å².